The first-order chi connectivity index (χ1) is 56.1. The fourth-order valence-electron chi connectivity index (χ4n) is 17.7. The van der Waals surface area contributed by atoms with E-state index in [0.29, 0.717) is 0 Å². The molecule has 9 heteroatoms. The van der Waals surface area contributed by atoms with Crippen molar-refractivity contribution >= 4 is 69.1 Å². The third-order valence-electron chi connectivity index (χ3n) is 25.5. The number of aryl methyl sites for hydroxylation is 2. The van der Waals surface area contributed by atoms with E-state index in [2.05, 4.69) is 13.8 Å². The first-order valence-electron chi connectivity index (χ1n) is 52.2. The first-order valence-corrected chi connectivity index (χ1v) is 55.0. The average molecular weight is 1770 g/mol. The molecular formula is C106H198BaO6S2. The second-order valence-corrected chi connectivity index (χ2v) is 39.6. The van der Waals surface area contributed by atoms with Gasteiger partial charge in [0.05, 0.1) is 9.79 Å². The van der Waals surface area contributed by atoms with E-state index in [-0.39, 0.29) is 58.7 Å². The van der Waals surface area contributed by atoms with E-state index < -0.39 is 20.2 Å². The van der Waals surface area contributed by atoms with Gasteiger partial charge in [-0.05, 0) is 61.1 Å². The van der Waals surface area contributed by atoms with Crippen LogP contribution in [0.3, 0.4) is 0 Å². The second-order valence-electron chi connectivity index (χ2n) is 36.8. The summed E-state index contributed by atoms with van der Waals surface area (Å²) < 4.78 is 67.1. The molecule has 0 atom stereocenters. The molecule has 0 unspecified atom stereocenters. The smallest absolute Gasteiger partial charge is 0.744 e. The zero-order chi connectivity index (χ0) is 82.0. The third-order valence-corrected chi connectivity index (χ3v) is 27.2. The van der Waals surface area contributed by atoms with Crippen LogP contribution in [0.5, 0.6) is 0 Å². The molecule has 6 nitrogen and oxygen atoms in total. The Hall–Kier alpha value is -0.169. The van der Waals surface area contributed by atoms with E-state index in [0.717, 1.165) is 36.8 Å². The Kier molecular flexibility index (Phi) is 94.4. The average Bonchev–Trinajstić information content (AvgIpc) is 0.863. The van der Waals surface area contributed by atoms with Crippen LogP contribution in [0.1, 0.15) is 603 Å². The molecule has 2 aromatic rings. The topological polar surface area (TPSA) is 114 Å². The van der Waals surface area contributed by atoms with Gasteiger partial charge in [0, 0.05) is 0 Å². The van der Waals surface area contributed by atoms with Crippen LogP contribution in [0.2, 0.25) is 0 Å². The van der Waals surface area contributed by atoms with Crippen LogP contribution in [-0.2, 0) is 33.1 Å². The van der Waals surface area contributed by atoms with Gasteiger partial charge in [0.2, 0.25) is 0 Å². The van der Waals surface area contributed by atoms with Crippen molar-refractivity contribution in [1.82, 2.24) is 0 Å². The number of hydrogen-bond donors (Lipinski definition) is 0. The predicted molar refractivity (Wildman–Crippen MR) is 509 cm³/mol. The molecule has 2 aromatic carbocycles. The summed E-state index contributed by atoms with van der Waals surface area (Å²) in [6.07, 6.45) is 131. The van der Waals surface area contributed by atoms with Crippen LogP contribution in [0, 0.1) is 0 Å². The molecule has 0 N–H and O–H groups in total. The van der Waals surface area contributed by atoms with E-state index in [1.165, 1.54) is 589 Å². The molecule has 2 rings (SSSR count). The maximum absolute atomic E-state index is 11.2. The Morgan fingerprint density at radius 2 is 0.278 bits per heavy atom. The van der Waals surface area contributed by atoms with Crippen molar-refractivity contribution in [2.75, 3.05) is 0 Å². The summed E-state index contributed by atoms with van der Waals surface area (Å²) in [5.41, 5.74) is 1.91. The number of unbranched alkanes of at least 4 members (excludes halogenated alkanes) is 88. The molecule has 0 spiro atoms. The Labute approximate surface area is 762 Å². The van der Waals surface area contributed by atoms with Gasteiger partial charge in [0.15, 0.2) is 0 Å². The molecule has 0 aliphatic carbocycles. The van der Waals surface area contributed by atoms with E-state index in [1.807, 2.05) is 12.1 Å². The fraction of sp³-hybridized carbons (Fsp3) is 0.887. The summed E-state index contributed by atoms with van der Waals surface area (Å²) in [7, 11) is -8.70. The summed E-state index contributed by atoms with van der Waals surface area (Å²) in [4.78, 5) is -0.209. The van der Waals surface area contributed by atoms with Crippen molar-refractivity contribution in [3.8, 4) is 0 Å². The number of benzene rings is 2. The SMILES string of the molecule is CCCCCCCCCCCCCCCCCCCCCCCCCCCCCCCCCCCCCCCCCCCCCCCc1cccc(S(=O)(=O)[O-])c1.CCCCCCCCCCCCCCCCCCCCCCCCCCCCCCCCCCCCCCCCCCCCCCCc1cccc(S(=O)(=O)[O-])c1.[Ba+2]. The van der Waals surface area contributed by atoms with E-state index in [4.69, 9.17) is 0 Å². The molecule has 0 amide bonds. The van der Waals surface area contributed by atoms with Gasteiger partial charge in [-0.15, -0.1) is 0 Å². The molecule has 0 heterocycles. The van der Waals surface area contributed by atoms with Crippen molar-refractivity contribution in [2.45, 2.75) is 614 Å². The molecule has 0 radical (unpaired) electrons. The molecular weight excluding hydrogens is 1570 g/mol. The quantitative estimate of drug-likeness (QED) is 0.0370. The third kappa shape index (κ3) is 89.9. The molecule has 0 fully saturated rings. The number of rotatable bonds is 94. The van der Waals surface area contributed by atoms with Crippen LogP contribution in [0.15, 0.2) is 58.3 Å². The maximum Gasteiger partial charge on any atom is 2.00 e. The Morgan fingerprint density at radius 3 is 0.383 bits per heavy atom. The molecule has 0 aromatic heterocycles. The van der Waals surface area contributed by atoms with Gasteiger partial charge < -0.3 is 9.11 Å². The Morgan fingerprint density at radius 1 is 0.174 bits per heavy atom. The minimum atomic E-state index is -4.35. The summed E-state index contributed by atoms with van der Waals surface area (Å²) in [6, 6.07) is 13.0. The monoisotopic (exact) mass is 1770 g/mol. The van der Waals surface area contributed by atoms with Gasteiger partial charge >= 0.3 is 48.9 Å². The van der Waals surface area contributed by atoms with Crippen molar-refractivity contribution in [3.05, 3.63) is 59.7 Å². The molecule has 0 aliphatic rings. The molecule has 672 valence electrons. The van der Waals surface area contributed by atoms with Gasteiger partial charge in [-0.1, -0.05) is 603 Å². The largest absolute Gasteiger partial charge is 2.00 e. The van der Waals surface area contributed by atoms with Crippen molar-refractivity contribution in [3.63, 3.8) is 0 Å². The molecule has 0 aliphatic heterocycles. The fourth-order valence-corrected chi connectivity index (χ4v) is 18.8. The van der Waals surface area contributed by atoms with Gasteiger partial charge in [0.1, 0.15) is 20.2 Å². The summed E-state index contributed by atoms with van der Waals surface area (Å²) >= 11 is 0. The number of hydrogen-bond acceptors (Lipinski definition) is 6. The molecule has 0 bridgehead atoms. The van der Waals surface area contributed by atoms with E-state index >= 15 is 0 Å². The molecule has 0 saturated carbocycles. The van der Waals surface area contributed by atoms with Crippen LogP contribution in [0.4, 0.5) is 0 Å². The van der Waals surface area contributed by atoms with Gasteiger partial charge in [0.25, 0.3) is 0 Å². The van der Waals surface area contributed by atoms with Crippen molar-refractivity contribution < 1.29 is 25.9 Å². The zero-order valence-electron chi connectivity index (χ0n) is 77.6. The van der Waals surface area contributed by atoms with E-state index in [9.17, 15) is 25.9 Å². The normalized spacial score (nSPS) is 11.8. The standard InChI is InChI=1S/2C53H100O3S.Ba/c2*1-2-3-4-5-6-7-8-9-10-11-12-13-14-15-16-17-18-19-20-21-22-23-24-25-26-27-28-29-30-31-32-33-34-35-36-37-38-39-40-41-42-43-44-45-46-48-52-49-47-50-53(51-52)57(54,55)56;/h2*47,49-51H,2-46,48H2,1H3,(H,54,55,56);/q;;+2/p-2. The molecule has 0 saturated heterocycles. The first kappa shape index (κ1) is 115. The summed E-state index contributed by atoms with van der Waals surface area (Å²) in [5, 5.41) is 0. The van der Waals surface area contributed by atoms with Crippen molar-refractivity contribution in [2.24, 2.45) is 0 Å². The Balaban J connectivity index is 0.00000224. The van der Waals surface area contributed by atoms with E-state index in [1.54, 1.807) is 12.1 Å². The van der Waals surface area contributed by atoms with Gasteiger partial charge in [-0.2, -0.15) is 0 Å². The second kappa shape index (κ2) is 94.5. The zero-order valence-corrected chi connectivity index (χ0v) is 83.7. The van der Waals surface area contributed by atoms with Gasteiger partial charge in [-0.25, -0.2) is 16.8 Å². The van der Waals surface area contributed by atoms with Crippen LogP contribution in [-0.4, -0.2) is 74.8 Å². The summed E-state index contributed by atoms with van der Waals surface area (Å²) in [5.74, 6) is 0. The van der Waals surface area contributed by atoms with Crippen LogP contribution in [0.25, 0.3) is 0 Å². The van der Waals surface area contributed by atoms with Crippen molar-refractivity contribution in [1.29, 1.82) is 0 Å². The van der Waals surface area contributed by atoms with Gasteiger partial charge in [-0.3, -0.25) is 0 Å². The summed E-state index contributed by atoms with van der Waals surface area (Å²) in [6.45, 7) is 4.61. The Bertz CT molecular complexity index is 2250. The maximum atomic E-state index is 11.2. The van der Waals surface area contributed by atoms with Crippen LogP contribution < -0.4 is 0 Å². The predicted octanol–water partition coefficient (Wildman–Crippen LogP) is 37.0. The van der Waals surface area contributed by atoms with Crippen LogP contribution >= 0.6 is 0 Å². The minimum absolute atomic E-state index is 0. The minimum Gasteiger partial charge on any atom is -0.744 e. The molecule has 115 heavy (non-hydrogen) atoms.